The zero-order chi connectivity index (χ0) is 19.6. The molecule has 0 aromatic heterocycles. The fraction of sp³-hybridized carbons (Fsp3) is 0.360. The minimum Gasteiger partial charge on any atom is -0.497 e. The molecular formula is C25H25NO3. The average molecular weight is 387 g/mol. The Balaban J connectivity index is 1.47. The molecule has 1 spiro atoms. The van der Waals surface area contributed by atoms with Crippen molar-refractivity contribution in [2.45, 2.75) is 37.0 Å². The maximum Gasteiger partial charge on any atom is 0.169 e. The minimum atomic E-state index is -0.119. The number of likely N-dealkylation sites (tertiary alicyclic amines) is 1. The molecule has 1 saturated heterocycles. The average Bonchev–Trinajstić information content (AvgIpc) is 3.11. The summed E-state index contributed by atoms with van der Waals surface area (Å²) in [4.78, 5) is 2.49. The van der Waals surface area contributed by atoms with Gasteiger partial charge in [0.05, 0.1) is 12.5 Å². The van der Waals surface area contributed by atoms with Crippen molar-refractivity contribution < 1.29 is 14.2 Å². The van der Waals surface area contributed by atoms with Gasteiger partial charge in [-0.2, -0.15) is 0 Å². The van der Waals surface area contributed by atoms with Crippen LogP contribution in [-0.4, -0.2) is 37.7 Å². The van der Waals surface area contributed by atoms with Gasteiger partial charge in [-0.3, -0.25) is 4.90 Å². The van der Waals surface area contributed by atoms with E-state index in [0.29, 0.717) is 12.6 Å². The van der Waals surface area contributed by atoms with E-state index in [2.05, 4.69) is 48.4 Å². The Morgan fingerprint density at radius 2 is 2.00 bits per heavy atom. The zero-order valence-corrected chi connectivity index (χ0v) is 16.9. The van der Waals surface area contributed by atoms with Gasteiger partial charge in [0.2, 0.25) is 0 Å². The molecule has 1 unspecified atom stereocenters. The molecule has 1 fully saturated rings. The molecule has 2 aromatic carbocycles. The van der Waals surface area contributed by atoms with E-state index in [9.17, 15) is 0 Å². The number of ether oxygens (including phenoxy) is 3. The number of nitrogens with zero attached hydrogens (tertiary/aromatic N) is 1. The summed E-state index contributed by atoms with van der Waals surface area (Å²) in [6.07, 6.45) is 6.36. The van der Waals surface area contributed by atoms with Gasteiger partial charge in [-0.25, -0.2) is 0 Å². The Kier molecular flexibility index (Phi) is 3.63. The van der Waals surface area contributed by atoms with E-state index in [1.165, 1.54) is 16.7 Å². The van der Waals surface area contributed by atoms with Crippen molar-refractivity contribution in [1.82, 2.24) is 4.90 Å². The van der Waals surface area contributed by atoms with Crippen molar-refractivity contribution >= 4 is 0 Å². The maximum absolute atomic E-state index is 6.66. The summed E-state index contributed by atoms with van der Waals surface area (Å²) in [5, 5.41) is 0. The second-order valence-corrected chi connectivity index (χ2v) is 8.52. The molecule has 2 heterocycles. The van der Waals surface area contributed by atoms with Crippen LogP contribution in [0.2, 0.25) is 0 Å². The van der Waals surface area contributed by atoms with E-state index < -0.39 is 0 Å². The van der Waals surface area contributed by atoms with Crippen molar-refractivity contribution in [3.05, 3.63) is 82.6 Å². The lowest BCUT2D eigenvalue weighted by molar-refractivity contribution is 0.0731. The first-order chi connectivity index (χ1) is 14.2. The summed E-state index contributed by atoms with van der Waals surface area (Å²) in [6, 6.07) is 15.1. The van der Waals surface area contributed by atoms with Crippen molar-refractivity contribution in [2.24, 2.45) is 0 Å². The number of hydrogen-bond acceptors (Lipinski definition) is 4. The van der Waals surface area contributed by atoms with Crippen LogP contribution < -0.4 is 9.47 Å². The highest BCUT2D eigenvalue weighted by atomic mass is 16.6. The lowest BCUT2D eigenvalue weighted by Crippen LogP contribution is -2.58. The minimum absolute atomic E-state index is 0.0979. The number of methoxy groups -OCH3 is 1. The lowest BCUT2D eigenvalue weighted by Gasteiger charge is -2.52. The SMILES string of the molecule is COC1=CC=C2[C@H]3Cc4ccc(OCc5ccccc5)c5c4C2(CCN3C)[C@H]1O5. The molecule has 4 aliphatic rings. The molecule has 2 aliphatic heterocycles. The topological polar surface area (TPSA) is 30.9 Å². The maximum atomic E-state index is 6.66. The molecule has 2 bridgehead atoms. The second kappa shape index (κ2) is 6.14. The highest BCUT2D eigenvalue weighted by Gasteiger charge is 2.62. The molecule has 0 radical (unpaired) electrons. The molecule has 2 aromatic rings. The monoisotopic (exact) mass is 387 g/mol. The van der Waals surface area contributed by atoms with Crippen LogP contribution in [0.3, 0.4) is 0 Å². The van der Waals surface area contributed by atoms with E-state index in [0.717, 1.165) is 42.2 Å². The number of rotatable bonds is 4. The van der Waals surface area contributed by atoms with E-state index in [1.807, 2.05) is 18.2 Å². The first-order valence-electron chi connectivity index (χ1n) is 10.4. The van der Waals surface area contributed by atoms with Gasteiger partial charge >= 0.3 is 0 Å². The number of benzene rings is 2. The van der Waals surface area contributed by atoms with Crippen LogP contribution in [0.5, 0.6) is 11.5 Å². The van der Waals surface area contributed by atoms with E-state index in [-0.39, 0.29) is 11.5 Å². The number of piperidine rings is 1. The smallest absolute Gasteiger partial charge is 0.169 e. The molecule has 2 aliphatic carbocycles. The van der Waals surface area contributed by atoms with Crippen LogP contribution in [-0.2, 0) is 23.2 Å². The molecule has 0 N–H and O–H groups in total. The van der Waals surface area contributed by atoms with Crippen LogP contribution in [0.1, 0.15) is 23.1 Å². The zero-order valence-electron chi connectivity index (χ0n) is 16.9. The van der Waals surface area contributed by atoms with Crippen LogP contribution in [0.25, 0.3) is 0 Å². The number of hydrogen-bond donors (Lipinski definition) is 0. The van der Waals surface area contributed by atoms with Crippen molar-refractivity contribution in [3.8, 4) is 11.5 Å². The third kappa shape index (κ3) is 2.24. The Labute approximate surface area is 171 Å². The first-order valence-corrected chi connectivity index (χ1v) is 10.4. The molecular weight excluding hydrogens is 362 g/mol. The Morgan fingerprint density at radius 1 is 1.14 bits per heavy atom. The molecule has 148 valence electrons. The fourth-order valence-corrected chi connectivity index (χ4v) is 5.79. The molecule has 4 heteroatoms. The summed E-state index contributed by atoms with van der Waals surface area (Å²) in [5.41, 5.74) is 5.24. The molecule has 0 amide bonds. The third-order valence-electron chi connectivity index (χ3n) is 7.17. The fourth-order valence-electron chi connectivity index (χ4n) is 5.79. The first kappa shape index (κ1) is 17.2. The van der Waals surface area contributed by atoms with Gasteiger partial charge in [0.15, 0.2) is 17.6 Å². The van der Waals surface area contributed by atoms with Gasteiger partial charge in [-0.1, -0.05) is 42.5 Å². The van der Waals surface area contributed by atoms with Crippen LogP contribution in [0, 0.1) is 0 Å². The second-order valence-electron chi connectivity index (χ2n) is 8.52. The largest absolute Gasteiger partial charge is 0.497 e. The number of likely N-dealkylation sites (N-methyl/N-ethyl adjacent to an activating group) is 1. The Bertz CT molecular complexity index is 1040. The third-order valence-corrected chi connectivity index (χ3v) is 7.17. The summed E-state index contributed by atoms with van der Waals surface area (Å²) >= 11 is 0. The van der Waals surface area contributed by atoms with Gasteiger partial charge < -0.3 is 14.2 Å². The summed E-state index contributed by atoms with van der Waals surface area (Å²) in [7, 11) is 3.98. The molecule has 3 atom stereocenters. The Morgan fingerprint density at radius 3 is 2.83 bits per heavy atom. The predicted octanol–water partition coefficient (Wildman–Crippen LogP) is 3.99. The van der Waals surface area contributed by atoms with Gasteiger partial charge in [0, 0.05) is 11.6 Å². The van der Waals surface area contributed by atoms with Crippen molar-refractivity contribution in [3.63, 3.8) is 0 Å². The normalized spacial score (nSPS) is 28.8. The van der Waals surface area contributed by atoms with Crippen LogP contribution in [0.4, 0.5) is 0 Å². The van der Waals surface area contributed by atoms with Gasteiger partial charge in [-0.15, -0.1) is 0 Å². The van der Waals surface area contributed by atoms with Gasteiger partial charge in [0.25, 0.3) is 0 Å². The summed E-state index contributed by atoms with van der Waals surface area (Å²) in [5.74, 6) is 2.67. The van der Waals surface area contributed by atoms with Crippen molar-refractivity contribution in [1.29, 1.82) is 0 Å². The van der Waals surface area contributed by atoms with Gasteiger partial charge in [-0.05, 0) is 55.3 Å². The molecule has 0 saturated carbocycles. The van der Waals surface area contributed by atoms with E-state index in [1.54, 1.807) is 7.11 Å². The van der Waals surface area contributed by atoms with E-state index >= 15 is 0 Å². The summed E-state index contributed by atoms with van der Waals surface area (Å²) < 4.78 is 18.7. The van der Waals surface area contributed by atoms with E-state index in [4.69, 9.17) is 14.2 Å². The van der Waals surface area contributed by atoms with Crippen LogP contribution >= 0.6 is 0 Å². The highest BCUT2D eigenvalue weighted by molar-refractivity contribution is 5.67. The highest BCUT2D eigenvalue weighted by Crippen LogP contribution is 2.62. The standard InChI is InChI=1S/C25H25NO3/c1-26-13-12-25-18-9-11-21(27-2)24(25)29-23-20(28-15-16-6-4-3-5-7-16)10-8-17(22(23)25)14-19(18)26/h3-11,19,24H,12-15H2,1-2H3/t19-,24+,25?/m1/s1. The molecule has 4 nitrogen and oxygen atoms in total. The molecule has 6 rings (SSSR count). The summed E-state index contributed by atoms with van der Waals surface area (Å²) in [6.45, 7) is 1.60. The quantitative estimate of drug-likeness (QED) is 0.794. The Hall–Kier alpha value is -2.72. The van der Waals surface area contributed by atoms with Crippen molar-refractivity contribution in [2.75, 3.05) is 20.7 Å². The van der Waals surface area contributed by atoms with Gasteiger partial charge in [0.1, 0.15) is 12.4 Å². The molecule has 29 heavy (non-hydrogen) atoms. The predicted molar refractivity (Wildman–Crippen MR) is 111 cm³/mol. The van der Waals surface area contributed by atoms with Crippen LogP contribution in [0.15, 0.2) is 65.9 Å². The number of allylic oxidation sites excluding steroid dienone is 2. The lowest BCUT2D eigenvalue weighted by atomic mass is 9.57.